The standard InChI is InChI=1S/C28H22F3N7O/c1-36-16-33-35-26(36)20-7-6-17(13-32)10-22(20)18-11-19(14-37-8-3-9-37)34-25(12-18)38-15-23-21(27(38)39)4-2-5-24(23)28(29,30)31/h2,4-7,10-12,16H,3,8-9,14-15H2,1H3. The van der Waals surface area contributed by atoms with Gasteiger partial charge in [-0.15, -0.1) is 10.2 Å². The Balaban J connectivity index is 1.50. The van der Waals surface area contributed by atoms with Crippen LogP contribution in [-0.4, -0.2) is 43.6 Å². The smallest absolute Gasteiger partial charge is 0.317 e. The monoisotopic (exact) mass is 529 g/mol. The number of hydrogen-bond donors (Lipinski definition) is 0. The van der Waals surface area contributed by atoms with Gasteiger partial charge in [-0.1, -0.05) is 6.07 Å². The number of benzene rings is 2. The zero-order chi connectivity index (χ0) is 27.3. The minimum atomic E-state index is -4.58. The van der Waals surface area contributed by atoms with E-state index < -0.39 is 17.6 Å². The molecule has 196 valence electrons. The van der Waals surface area contributed by atoms with Crippen molar-refractivity contribution in [3.8, 4) is 28.6 Å². The van der Waals surface area contributed by atoms with Crippen LogP contribution in [0.2, 0.25) is 0 Å². The fourth-order valence-electron chi connectivity index (χ4n) is 5.07. The Morgan fingerprint density at radius 2 is 1.87 bits per heavy atom. The summed E-state index contributed by atoms with van der Waals surface area (Å²) in [5.74, 6) is 0.301. The molecule has 11 heteroatoms. The first kappa shape index (κ1) is 24.8. The second kappa shape index (κ2) is 9.32. The van der Waals surface area contributed by atoms with Crippen molar-refractivity contribution in [2.45, 2.75) is 25.7 Å². The minimum absolute atomic E-state index is 0.0209. The molecule has 0 unspecified atom stereocenters. The lowest BCUT2D eigenvalue weighted by atomic mass is 9.96. The van der Waals surface area contributed by atoms with E-state index in [1.807, 2.05) is 13.1 Å². The van der Waals surface area contributed by atoms with Gasteiger partial charge in [-0.2, -0.15) is 18.4 Å². The van der Waals surface area contributed by atoms with Gasteiger partial charge in [-0.3, -0.25) is 14.6 Å². The number of aryl methyl sites for hydroxylation is 1. The van der Waals surface area contributed by atoms with Gasteiger partial charge in [-0.25, -0.2) is 4.98 Å². The van der Waals surface area contributed by atoms with Crippen LogP contribution in [0, 0.1) is 11.3 Å². The van der Waals surface area contributed by atoms with E-state index in [9.17, 15) is 23.2 Å². The first-order chi connectivity index (χ1) is 18.7. The van der Waals surface area contributed by atoms with Gasteiger partial charge in [0.05, 0.1) is 29.4 Å². The van der Waals surface area contributed by atoms with Gasteiger partial charge in [0.15, 0.2) is 5.82 Å². The lowest BCUT2D eigenvalue weighted by Gasteiger charge is -2.30. The average molecular weight is 530 g/mol. The maximum Gasteiger partial charge on any atom is 0.416 e. The Morgan fingerprint density at radius 1 is 1.05 bits per heavy atom. The molecule has 39 heavy (non-hydrogen) atoms. The van der Waals surface area contributed by atoms with E-state index in [4.69, 9.17) is 4.98 Å². The molecule has 0 saturated carbocycles. The molecule has 0 aliphatic carbocycles. The SMILES string of the molecule is Cn1cnnc1-c1ccc(C#N)cc1-c1cc(CN2CCC2)nc(N2Cc3c(cccc3C(F)(F)F)C2=O)c1. The van der Waals surface area contributed by atoms with Crippen molar-refractivity contribution in [3.63, 3.8) is 0 Å². The lowest BCUT2D eigenvalue weighted by Crippen LogP contribution is -2.36. The number of nitriles is 1. The second-order valence-electron chi connectivity index (χ2n) is 9.69. The number of alkyl halides is 3. The molecule has 4 heterocycles. The summed E-state index contributed by atoms with van der Waals surface area (Å²) >= 11 is 0. The third kappa shape index (κ3) is 4.42. The summed E-state index contributed by atoms with van der Waals surface area (Å²) < 4.78 is 42.9. The van der Waals surface area contributed by atoms with Crippen molar-refractivity contribution in [1.29, 1.82) is 5.26 Å². The highest BCUT2D eigenvalue weighted by atomic mass is 19.4. The van der Waals surface area contributed by atoms with Crippen LogP contribution in [0.4, 0.5) is 19.0 Å². The summed E-state index contributed by atoms with van der Waals surface area (Å²) in [6.45, 7) is 2.12. The summed E-state index contributed by atoms with van der Waals surface area (Å²) in [6, 6.07) is 14.6. The molecule has 2 aromatic heterocycles. The van der Waals surface area contributed by atoms with Gasteiger partial charge in [0.2, 0.25) is 0 Å². The normalized spacial score (nSPS) is 15.3. The van der Waals surface area contributed by atoms with Gasteiger partial charge in [0, 0.05) is 24.7 Å². The Hall–Kier alpha value is -4.56. The van der Waals surface area contributed by atoms with E-state index in [-0.39, 0.29) is 23.5 Å². The van der Waals surface area contributed by atoms with E-state index in [1.54, 1.807) is 35.2 Å². The summed E-state index contributed by atoms with van der Waals surface area (Å²) in [5, 5.41) is 17.8. The Morgan fingerprint density at radius 3 is 2.54 bits per heavy atom. The van der Waals surface area contributed by atoms with E-state index >= 15 is 0 Å². The highest BCUT2D eigenvalue weighted by Crippen LogP contribution is 2.40. The first-order valence-corrected chi connectivity index (χ1v) is 12.4. The summed E-state index contributed by atoms with van der Waals surface area (Å²) in [4.78, 5) is 21.6. The Bertz CT molecular complexity index is 1650. The summed E-state index contributed by atoms with van der Waals surface area (Å²) in [7, 11) is 1.81. The van der Waals surface area contributed by atoms with Crippen molar-refractivity contribution >= 4 is 11.7 Å². The molecule has 2 aliphatic heterocycles. The second-order valence-corrected chi connectivity index (χ2v) is 9.69. The van der Waals surface area contributed by atoms with Gasteiger partial charge in [-0.05, 0) is 78.7 Å². The third-order valence-corrected chi connectivity index (χ3v) is 7.16. The zero-order valence-corrected chi connectivity index (χ0v) is 20.9. The molecule has 2 aliphatic rings. The number of fused-ring (bicyclic) bond motifs is 1. The molecule has 2 aromatic carbocycles. The number of halogens is 3. The Labute approximate surface area is 221 Å². The van der Waals surface area contributed by atoms with Crippen molar-refractivity contribution in [2.24, 2.45) is 7.05 Å². The van der Waals surface area contributed by atoms with Crippen LogP contribution < -0.4 is 4.90 Å². The predicted molar refractivity (Wildman–Crippen MR) is 136 cm³/mol. The quantitative estimate of drug-likeness (QED) is 0.369. The minimum Gasteiger partial charge on any atom is -0.317 e. The average Bonchev–Trinajstić information content (AvgIpc) is 3.48. The maximum atomic E-state index is 13.7. The maximum absolute atomic E-state index is 13.7. The Kier molecular flexibility index (Phi) is 5.92. The highest BCUT2D eigenvalue weighted by Gasteiger charge is 2.40. The summed E-state index contributed by atoms with van der Waals surface area (Å²) in [6.07, 6.45) is -1.93. The van der Waals surface area contributed by atoms with Crippen molar-refractivity contribution in [1.82, 2.24) is 24.6 Å². The van der Waals surface area contributed by atoms with Crippen LogP contribution in [0.15, 0.2) is 54.9 Å². The van der Waals surface area contributed by atoms with Crippen molar-refractivity contribution in [2.75, 3.05) is 18.0 Å². The molecule has 0 bridgehead atoms. The fourth-order valence-corrected chi connectivity index (χ4v) is 5.07. The highest BCUT2D eigenvalue weighted by molar-refractivity contribution is 6.10. The molecular formula is C28H22F3N7O. The van der Waals surface area contributed by atoms with Crippen LogP contribution in [0.5, 0.6) is 0 Å². The van der Waals surface area contributed by atoms with Gasteiger partial charge < -0.3 is 4.57 Å². The number of aromatic nitrogens is 4. The van der Waals surface area contributed by atoms with Crippen LogP contribution in [0.25, 0.3) is 22.5 Å². The van der Waals surface area contributed by atoms with E-state index in [1.165, 1.54) is 17.0 Å². The topological polar surface area (TPSA) is 90.9 Å². The molecule has 0 radical (unpaired) electrons. The fraction of sp³-hybridized carbons (Fsp3) is 0.250. The summed E-state index contributed by atoms with van der Waals surface area (Å²) in [5.41, 5.74) is 2.32. The van der Waals surface area contributed by atoms with Gasteiger partial charge >= 0.3 is 6.18 Å². The number of carbonyl (C=O) groups is 1. The van der Waals surface area contributed by atoms with Crippen LogP contribution >= 0.6 is 0 Å². The number of hydrogen-bond acceptors (Lipinski definition) is 6. The number of nitrogens with zero attached hydrogens (tertiary/aromatic N) is 7. The number of likely N-dealkylation sites (tertiary alicyclic amines) is 1. The molecule has 0 N–H and O–H groups in total. The lowest BCUT2D eigenvalue weighted by molar-refractivity contribution is -0.138. The molecule has 6 rings (SSSR count). The molecule has 4 aromatic rings. The number of carbonyl (C=O) groups excluding carboxylic acids is 1. The van der Waals surface area contributed by atoms with Gasteiger partial charge in [0.25, 0.3) is 5.91 Å². The van der Waals surface area contributed by atoms with Crippen LogP contribution in [0.1, 0.15) is 39.2 Å². The van der Waals surface area contributed by atoms with Crippen molar-refractivity contribution in [3.05, 3.63) is 82.8 Å². The first-order valence-electron chi connectivity index (χ1n) is 12.4. The molecule has 1 saturated heterocycles. The largest absolute Gasteiger partial charge is 0.416 e. The van der Waals surface area contributed by atoms with E-state index in [0.29, 0.717) is 34.8 Å². The molecule has 1 amide bonds. The van der Waals surface area contributed by atoms with Crippen LogP contribution in [-0.2, 0) is 26.3 Å². The number of amides is 1. The van der Waals surface area contributed by atoms with Crippen molar-refractivity contribution < 1.29 is 18.0 Å². The predicted octanol–water partition coefficient (Wildman–Crippen LogP) is 4.80. The molecule has 8 nitrogen and oxygen atoms in total. The number of rotatable bonds is 5. The third-order valence-electron chi connectivity index (χ3n) is 7.16. The van der Waals surface area contributed by atoms with E-state index in [0.717, 1.165) is 31.1 Å². The molecular weight excluding hydrogens is 507 g/mol. The van der Waals surface area contributed by atoms with Crippen LogP contribution in [0.3, 0.4) is 0 Å². The number of anilines is 1. The van der Waals surface area contributed by atoms with E-state index in [2.05, 4.69) is 21.2 Å². The van der Waals surface area contributed by atoms with Gasteiger partial charge in [0.1, 0.15) is 12.1 Å². The molecule has 0 atom stereocenters. The molecule has 1 fully saturated rings. The molecule has 0 spiro atoms. The number of pyridine rings is 1. The zero-order valence-electron chi connectivity index (χ0n) is 20.9.